The quantitative estimate of drug-likeness (QED) is 0.480. The minimum atomic E-state index is 0.253. The second-order valence-electron chi connectivity index (χ2n) is 9.39. The Bertz CT molecular complexity index is 1240. The van der Waals surface area contributed by atoms with E-state index in [9.17, 15) is 5.11 Å². The van der Waals surface area contributed by atoms with Gasteiger partial charge in [0.05, 0.1) is 29.2 Å². The lowest BCUT2D eigenvalue weighted by atomic mass is 9.95. The Balaban J connectivity index is 1.38. The highest BCUT2D eigenvalue weighted by Crippen LogP contribution is 2.35. The van der Waals surface area contributed by atoms with Crippen molar-refractivity contribution < 1.29 is 5.11 Å². The first kappa shape index (κ1) is 19.7. The maximum atomic E-state index is 9.31. The van der Waals surface area contributed by atoms with Crippen LogP contribution in [0.5, 0.6) is 0 Å². The molecule has 166 valence electrons. The lowest BCUT2D eigenvalue weighted by Gasteiger charge is -2.23. The van der Waals surface area contributed by atoms with Crippen LogP contribution in [0.1, 0.15) is 51.0 Å². The molecule has 2 fully saturated rings. The number of fused-ring (bicyclic) bond motifs is 2. The molecule has 6 rings (SSSR count). The van der Waals surface area contributed by atoms with Crippen molar-refractivity contribution in [2.75, 3.05) is 24.6 Å². The third-order valence-corrected chi connectivity index (χ3v) is 7.38. The van der Waals surface area contributed by atoms with Gasteiger partial charge in [-0.2, -0.15) is 0 Å². The number of anilines is 1. The van der Waals surface area contributed by atoms with Gasteiger partial charge < -0.3 is 19.6 Å². The van der Waals surface area contributed by atoms with E-state index in [1.807, 2.05) is 6.33 Å². The van der Waals surface area contributed by atoms with Crippen molar-refractivity contribution >= 4 is 28.0 Å². The summed E-state index contributed by atoms with van der Waals surface area (Å²) in [5, 5.41) is 9.31. The van der Waals surface area contributed by atoms with E-state index in [1.165, 1.54) is 37.6 Å². The van der Waals surface area contributed by atoms with Crippen LogP contribution in [-0.4, -0.2) is 49.3 Å². The Labute approximate surface area is 187 Å². The summed E-state index contributed by atoms with van der Waals surface area (Å²) in [6.45, 7) is 2.16. The summed E-state index contributed by atoms with van der Waals surface area (Å²) < 4.78 is 2.38. The van der Waals surface area contributed by atoms with E-state index < -0.39 is 0 Å². The first-order chi connectivity index (χ1) is 15.8. The number of nitrogens with zero attached hydrogens (tertiary/aromatic N) is 5. The molecule has 1 aromatic carbocycles. The zero-order chi connectivity index (χ0) is 21.5. The van der Waals surface area contributed by atoms with E-state index in [0.717, 1.165) is 59.6 Å². The first-order valence-corrected chi connectivity index (χ1v) is 12.0. The first-order valence-electron chi connectivity index (χ1n) is 12.0. The molecule has 1 saturated heterocycles. The molecule has 3 aromatic heterocycles. The Kier molecular flexibility index (Phi) is 5.06. The maximum absolute atomic E-state index is 9.31. The number of benzene rings is 1. The van der Waals surface area contributed by atoms with E-state index >= 15 is 0 Å². The number of rotatable bonds is 5. The number of aliphatic hydroxyl groups is 1. The Morgan fingerprint density at radius 1 is 1.06 bits per heavy atom. The number of aromatic amines is 1. The van der Waals surface area contributed by atoms with Crippen LogP contribution < -0.4 is 4.90 Å². The zero-order valence-electron chi connectivity index (χ0n) is 18.4. The van der Waals surface area contributed by atoms with Crippen molar-refractivity contribution in [3.8, 4) is 11.1 Å². The summed E-state index contributed by atoms with van der Waals surface area (Å²) in [5.74, 6) is 1.49. The monoisotopic (exact) mass is 430 g/mol. The Morgan fingerprint density at radius 2 is 1.97 bits per heavy atom. The number of aliphatic hydroxyl groups excluding tert-OH is 1. The van der Waals surface area contributed by atoms with Gasteiger partial charge in [-0.1, -0.05) is 25.3 Å². The second-order valence-corrected chi connectivity index (χ2v) is 9.39. The van der Waals surface area contributed by atoms with Crippen molar-refractivity contribution in [3.05, 3.63) is 36.9 Å². The molecule has 1 aliphatic carbocycles. The largest absolute Gasteiger partial charge is 0.396 e. The molecule has 1 unspecified atom stereocenters. The number of pyridine rings is 1. The molecule has 2 N–H and O–H groups in total. The van der Waals surface area contributed by atoms with Crippen LogP contribution in [0.25, 0.3) is 33.3 Å². The molecular formula is C25H30N6O. The molecule has 0 amide bonds. The van der Waals surface area contributed by atoms with E-state index in [0.29, 0.717) is 12.0 Å². The van der Waals surface area contributed by atoms with Crippen molar-refractivity contribution in [1.82, 2.24) is 24.5 Å². The van der Waals surface area contributed by atoms with Crippen LogP contribution in [0.2, 0.25) is 0 Å². The fraction of sp³-hybridized carbons (Fsp3) is 0.480. The van der Waals surface area contributed by atoms with E-state index in [4.69, 9.17) is 9.97 Å². The summed E-state index contributed by atoms with van der Waals surface area (Å²) >= 11 is 0. The third kappa shape index (κ3) is 3.45. The van der Waals surface area contributed by atoms with Crippen LogP contribution in [0.15, 0.2) is 36.9 Å². The normalized spacial score (nSPS) is 20.0. The molecule has 1 saturated carbocycles. The highest BCUT2D eigenvalue weighted by Gasteiger charge is 2.25. The van der Waals surface area contributed by atoms with Gasteiger partial charge in [0.15, 0.2) is 5.65 Å². The molecule has 0 spiro atoms. The van der Waals surface area contributed by atoms with Gasteiger partial charge in [0.25, 0.3) is 0 Å². The van der Waals surface area contributed by atoms with Gasteiger partial charge in [-0.05, 0) is 55.4 Å². The molecule has 1 aliphatic heterocycles. The van der Waals surface area contributed by atoms with Crippen molar-refractivity contribution in [3.63, 3.8) is 0 Å². The summed E-state index contributed by atoms with van der Waals surface area (Å²) in [5.41, 5.74) is 6.23. The highest BCUT2D eigenvalue weighted by molar-refractivity contribution is 5.94. The van der Waals surface area contributed by atoms with Gasteiger partial charge >= 0.3 is 0 Å². The number of imidazole rings is 2. The molecule has 7 nitrogen and oxygen atoms in total. The molecule has 2 aliphatic rings. The number of aromatic nitrogens is 5. The van der Waals surface area contributed by atoms with E-state index in [2.05, 4.69) is 43.7 Å². The van der Waals surface area contributed by atoms with Crippen molar-refractivity contribution in [2.24, 2.45) is 5.92 Å². The molecule has 0 bridgehead atoms. The predicted octanol–water partition coefficient (Wildman–Crippen LogP) is 4.69. The van der Waals surface area contributed by atoms with Gasteiger partial charge in [-0.25, -0.2) is 15.0 Å². The number of hydrogen-bond acceptors (Lipinski definition) is 5. The molecule has 32 heavy (non-hydrogen) atoms. The zero-order valence-corrected chi connectivity index (χ0v) is 18.4. The summed E-state index contributed by atoms with van der Waals surface area (Å²) in [7, 11) is 0. The minimum absolute atomic E-state index is 0.253. The average Bonchev–Trinajstić information content (AvgIpc) is 3.58. The fourth-order valence-electron chi connectivity index (χ4n) is 5.61. The van der Waals surface area contributed by atoms with Gasteiger partial charge in [0, 0.05) is 31.3 Å². The molecular weight excluding hydrogens is 400 g/mol. The standard InChI is InChI=1S/C25H30N6O/c32-11-9-17-8-10-30(14-17)23-13-20(24-25(29-23)27-15-26-24)18-6-7-22-21(12-18)28-16-31(22)19-4-2-1-3-5-19/h6-7,12-13,15-17,19,32H,1-5,8-11,14H2,(H,26,27,29). The molecule has 4 heterocycles. The van der Waals surface area contributed by atoms with Crippen molar-refractivity contribution in [2.45, 2.75) is 51.0 Å². The number of hydrogen-bond donors (Lipinski definition) is 2. The summed E-state index contributed by atoms with van der Waals surface area (Å²) in [6, 6.07) is 9.39. The predicted molar refractivity (Wildman–Crippen MR) is 127 cm³/mol. The molecule has 1 atom stereocenters. The minimum Gasteiger partial charge on any atom is -0.396 e. The van der Waals surface area contributed by atoms with Gasteiger partial charge in [0.1, 0.15) is 5.82 Å². The molecule has 0 radical (unpaired) electrons. The van der Waals surface area contributed by atoms with Crippen LogP contribution in [-0.2, 0) is 0 Å². The highest BCUT2D eigenvalue weighted by atomic mass is 16.3. The average molecular weight is 431 g/mol. The van der Waals surface area contributed by atoms with E-state index in [1.54, 1.807) is 6.33 Å². The SMILES string of the molecule is OCCC1CCN(c2cc(-c3ccc4c(c3)ncn4C3CCCCC3)c3[nH]cnc3n2)C1. The molecule has 7 heteroatoms. The Hall–Kier alpha value is -2.93. The lowest BCUT2D eigenvalue weighted by molar-refractivity contribution is 0.263. The van der Waals surface area contributed by atoms with Gasteiger partial charge in [-0.15, -0.1) is 0 Å². The Morgan fingerprint density at radius 3 is 2.84 bits per heavy atom. The maximum Gasteiger partial charge on any atom is 0.180 e. The lowest BCUT2D eigenvalue weighted by Crippen LogP contribution is -2.21. The van der Waals surface area contributed by atoms with Crippen molar-refractivity contribution in [1.29, 1.82) is 0 Å². The van der Waals surface area contributed by atoms with Crippen LogP contribution in [0.4, 0.5) is 5.82 Å². The van der Waals surface area contributed by atoms with Crippen LogP contribution in [0.3, 0.4) is 0 Å². The molecule has 4 aromatic rings. The summed E-state index contributed by atoms with van der Waals surface area (Å²) in [6.07, 6.45) is 12.2. The number of nitrogens with one attached hydrogen (secondary N) is 1. The fourth-order valence-corrected chi connectivity index (χ4v) is 5.61. The van der Waals surface area contributed by atoms with Gasteiger partial charge in [-0.3, -0.25) is 0 Å². The van der Waals surface area contributed by atoms with Crippen LogP contribution >= 0.6 is 0 Å². The summed E-state index contributed by atoms with van der Waals surface area (Å²) in [4.78, 5) is 19.7. The number of H-pyrrole nitrogens is 1. The van der Waals surface area contributed by atoms with Gasteiger partial charge in [0.2, 0.25) is 0 Å². The third-order valence-electron chi connectivity index (χ3n) is 7.38. The topological polar surface area (TPSA) is 82.9 Å². The smallest absolute Gasteiger partial charge is 0.180 e. The second kappa shape index (κ2) is 8.20. The van der Waals surface area contributed by atoms with E-state index in [-0.39, 0.29) is 6.61 Å². The van der Waals surface area contributed by atoms with Crippen LogP contribution in [0, 0.1) is 5.92 Å².